The molecule has 1 aliphatic carbocycles. The van der Waals surface area contributed by atoms with E-state index in [1.807, 2.05) is 11.6 Å². The SMILES string of the molecule is Cc1c(Cl)cnn1CC1(CS)CCC1. The van der Waals surface area contributed by atoms with Gasteiger partial charge in [0.1, 0.15) is 0 Å². The van der Waals surface area contributed by atoms with Crippen LogP contribution in [0, 0.1) is 12.3 Å². The van der Waals surface area contributed by atoms with Crippen molar-refractivity contribution in [1.29, 1.82) is 0 Å². The minimum Gasteiger partial charge on any atom is -0.268 e. The maximum atomic E-state index is 5.96. The molecule has 14 heavy (non-hydrogen) atoms. The molecule has 0 aromatic carbocycles. The zero-order valence-corrected chi connectivity index (χ0v) is 9.98. The van der Waals surface area contributed by atoms with Crippen LogP contribution < -0.4 is 0 Å². The van der Waals surface area contributed by atoms with E-state index in [0.717, 1.165) is 23.0 Å². The highest BCUT2D eigenvalue weighted by molar-refractivity contribution is 7.80. The van der Waals surface area contributed by atoms with Gasteiger partial charge in [0.25, 0.3) is 0 Å². The Kier molecular flexibility index (Phi) is 2.80. The first kappa shape index (κ1) is 10.4. The van der Waals surface area contributed by atoms with Crippen molar-refractivity contribution in [1.82, 2.24) is 9.78 Å². The van der Waals surface area contributed by atoms with Crippen LogP contribution in [0.2, 0.25) is 5.02 Å². The van der Waals surface area contributed by atoms with Crippen molar-refractivity contribution in [3.05, 3.63) is 16.9 Å². The summed E-state index contributed by atoms with van der Waals surface area (Å²) in [5, 5.41) is 5.04. The normalized spacial score (nSPS) is 19.4. The van der Waals surface area contributed by atoms with Crippen LogP contribution in [0.4, 0.5) is 0 Å². The third-order valence-corrected chi connectivity index (χ3v) is 4.32. The van der Waals surface area contributed by atoms with E-state index < -0.39 is 0 Å². The fraction of sp³-hybridized carbons (Fsp3) is 0.700. The van der Waals surface area contributed by atoms with E-state index in [1.54, 1.807) is 6.20 Å². The molecule has 0 aliphatic heterocycles. The topological polar surface area (TPSA) is 17.8 Å². The molecule has 0 amide bonds. The van der Waals surface area contributed by atoms with Gasteiger partial charge in [-0.2, -0.15) is 17.7 Å². The molecule has 0 N–H and O–H groups in total. The lowest BCUT2D eigenvalue weighted by Crippen LogP contribution is -2.36. The zero-order chi connectivity index (χ0) is 10.2. The first-order valence-electron chi connectivity index (χ1n) is 4.96. The predicted octanol–water partition coefficient (Wildman–Crippen LogP) is 2.95. The highest BCUT2D eigenvalue weighted by atomic mass is 35.5. The first-order chi connectivity index (χ1) is 6.67. The Balaban J connectivity index is 2.13. The van der Waals surface area contributed by atoms with Crippen LogP contribution in [0.15, 0.2) is 6.20 Å². The summed E-state index contributed by atoms with van der Waals surface area (Å²) in [5.41, 5.74) is 1.45. The molecule has 0 atom stereocenters. The molecule has 1 aromatic rings. The van der Waals surface area contributed by atoms with Gasteiger partial charge in [-0.25, -0.2) is 0 Å². The lowest BCUT2D eigenvalue weighted by molar-refractivity contribution is 0.131. The summed E-state index contributed by atoms with van der Waals surface area (Å²) in [6.45, 7) is 2.98. The number of rotatable bonds is 3. The van der Waals surface area contributed by atoms with E-state index in [4.69, 9.17) is 11.6 Å². The summed E-state index contributed by atoms with van der Waals surface area (Å²) in [6.07, 6.45) is 5.59. The van der Waals surface area contributed by atoms with Crippen LogP contribution in [0.5, 0.6) is 0 Å². The number of thiol groups is 1. The maximum absolute atomic E-state index is 5.96. The number of nitrogens with zero attached hydrogens (tertiary/aromatic N) is 2. The summed E-state index contributed by atoms with van der Waals surface area (Å²) in [4.78, 5) is 0. The van der Waals surface area contributed by atoms with Gasteiger partial charge in [0.05, 0.1) is 16.9 Å². The molecule has 0 bridgehead atoms. The smallest absolute Gasteiger partial charge is 0.0814 e. The number of halogens is 1. The molecule has 4 heteroatoms. The van der Waals surface area contributed by atoms with Crippen molar-refractivity contribution in [2.45, 2.75) is 32.7 Å². The van der Waals surface area contributed by atoms with E-state index in [9.17, 15) is 0 Å². The molecule has 0 unspecified atom stereocenters. The summed E-state index contributed by atoms with van der Waals surface area (Å²) in [5.74, 6) is 0.948. The molecule has 78 valence electrons. The largest absolute Gasteiger partial charge is 0.268 e. The van der Waals surface area contributed by atoms with Gasteiger partial charge < -0.3 is 0 Å². The third kappa shape index (κ3) is 1.68. The lowest BCUT2D eigenvalue weighted by Gasteiger charge is -2.40. The fourth-order valence-electron chi connectivity index (χ4n) is 1.94. The van der Waals surface area contributed by atoms with Crippen LogP contribution >= 0.6 is 24.2 Å². The van der Waals surface area contributed by atoms with E-state index >= 15 is 0 Å². The molecule has 1 saturated carbocycles. The number of hydrogen-bond donors (Lipinski definition) is 1. The van der Waals surface area contributed by atoms with Crippen LogP contribution in [0.1, 0.15) is 25.0 Å². The van der Waals surface area contributed by atoms with Crippen molar-refractivity contribution < 1.29 is 0 Å². The zero-order valence-electron chi connectivity index (χ0n) is 8.33. The Bertz CT molecular complexity index is 325. The van der Waals surface area contributed by atoms with Crippen molar-refractivity contribution in [2.24, 2.45) is 5.41 Å². The van der Waals surface area contributed by atoms with Crippen molar-refractivity contribution >= 4 is 24.2 Å². The second kappa shape index (κ2) is 3.78. The predicted molar refractivity (Wildman–Crippen MR) is 62.1 cm³/mol. The summed E-state index contributed by atoms with van der Waals surface area (Å²) in [7, 11) is 0. The van der Waals surface area contributed by atoms with Gasteiger partial charge in [0.2, 0.25) is 0 Å². The highest BCUT2D eigenvalue weighted by Crippen LogP contribution is 2.43. The maximum Gasteiger partial charge on any atom is 0.0814 e. The molecule has 1 heterocycles. The minimum atomic E-state index is 0.378. The standard InChI is InChI=1S/C10H15ClN2S/c1-8-9(11)5-12-13(8)6-10(7-14)3-2-4-10/h5,14H,2-4,6-7H2,1H3. The van der Waals surface area contributed by atoms with Crippen molar-refractivity contribution in [3.8, 4) is 0 Å². The molecule has 1 aliphatic rings. The monoisotopic (exact) mass is 230 g/mol. The molecule has 2 nitrogen and oxygen atoms in total. The molecular weight excluding hydrogens is 216 g/mol. The molecule has 0 saturated heterocycles. The average molecular weight is 231 g/mol. The summed E-state index contributed by atoms with van der Waals surface area (Å²) < 4.78 is 2.01. The van der Waals surface area contributed by atoms with Crippen molar-refractivity contribution in [3.63, 3.8) is 0 Å². The van der Waals surface area contributed by atoms with Gasteiger partial charge in [-0.05, 0) is 30.9 Å². The molecule has 1 fully saturated rings. The summed E-state index contributed by atoms with van der Waals surface area (Å²) >= 11 is 10.4. The molecular formula is C10H15ClN2S. The number of hydrogen-bond acceptors (Lipinski definition) is 2. The van der Waals surface area contributed by atoms with E-state index in [1.165, 1.54) is 19.3 Å². The van der Waals surface area contributed by atoms with Crippen LogP contribution in [0.25, 0.3) is 0 Å². The van der Waals surface area contributed by atoms with E-state index in [2.05, 4.69) is 17.7 Å². The Labute approximate surface area is 95.0 Å². The molecule has 0 spiro atoms. The van der Waals surface area contributed by atoms with E-state index in [0.29, 0.717) is 5.41 Å². The third-order valence-electron chi connectivity index (χ3n) is 3.28. The molecule has 1 aromatic heterocycles. The Morgan fingerprint density at radius 1 is 1.64 bits per heavy atom. The quantitative estimate of drug-likeness (QED) is 0.791. The van der Waals surface area contributed by atoms with Crippen molar-refractivity contribution in [2.75, 3.05) is 5.75 Å². The summed E-state index contributed by atoms with van der Waals surface area (Å²) in [6, 6.07) is 0. The minimum absolute atomic E-state index is 0.378. The first-order valence-corrected chi connectivity index (χ1v) is 5.97. The van der Waals surface area contributed by atoms with Crippen LogP contribution in [-0.2, 0) is 6.54 Å². The molecule has 0 radical (unpaired) electrons. The van der Waals surface area contributed by atoms with Gasteiger partial charge in [0, 0.05) is 6.54 Å². The Morgan fingerprint density at radius 3 is 2.71 bits per heavy atom. The van der Waals surface area contributed by atoms with Crippen LogP contribution in [-0.4, -0.2) is 15.5 Å². The Morgan fingerprint density at radius 2 is 2.36 bits per heavy atom. The van der Waals surface area contributed by atoms with Gasteiger partial charge in [-0.1, -0.05) is 18.0 Å². The lowest BCUT2D eigenvalue weighted by atomic mass is 9.70. The van der Waals surface area contributed by atoms with Crippen LogP contribution in [0.3, 0.4) is 0 Å². The van der Waals surface area contributed by atoms with Gasteiger partial charge in [0.15, 0.2) is 0 Å². The highest BCUT2D eigenvalue weighted by Gasteiger charge is 2.36. The van der Waals surface area contributed by atoms with Gasteiger partial charge >= 0.3 is 0 Å². The van der Waals surface area contributed by atoms with Gasteiger partial charge in [-0.3, -0.25) is 4.68 Å². The van der Waals surface area contributed by atoms with Gasteiger partial charge in [-0.15, -0.1) is 0 Å². The number of aromatic nitrogens is 2. The van der Waals surface area contributed by atoms with E-state index in [-0.39, 0.29) is 0 Å². The molecule has 2 rings (SSSR count). The Hall–Kier alpha value is -0.150. The average Bonchev–Trinajstić information content (AvgIpc) is 2.42. The second-order valence-electron chi connectivity index (χ2n) is 4.25. The second-order valence-corrected chi connectivity index (χ2v) is 4.97. The fourth-order valence-corrected chi connectivity index (χ4v) is 2.50.